The summed E-state index contributed by atoms with van der Waals surface area (Å²) in [7, 11) is -4.07. The molecule has 1 aliphatic heterocycles. The number of aromatic hydroxyl groups is 1. The van der Waals surface area contributed by atoms with E-state index >= 15 is 0 Å². The van der Waals surface area contributed by atoms with Gasteiger partial charge in [0.25, 0.3) is 11.6 Å². The molecule has 5 aliphatic carbocycles. The summed E-state index contributed by atoms with van der Waals surface area (Å²) in [5.41, 5.74) is 5.23. The van der Waals surface area contributed by atoms with Crippen molar-refractivity contribution >= 4 is 44.4 Å². The summed E-state index contributed by atoms with van der Waals surface area (Å²) in [4.78, 5) is 62.2. The fourth-order valence-corrected chi connectivity index (χ4v) is 16.6. The van der Waals surface area contributed by atoms with Crippen LogP contribution >= 0.6 is 0 Å². The highest BCUT2D eigenvalue weighted by molar-refractivity contribution is 7.89. The number of sulfonamides is 1. The summed E-state index contributed by atoms with van der Waals surface area (Å²) < 4.78 is 36.7. The molecule has 79 heavy (non-hydrogen) atoms. The predicted molar refractivity (Wildman–Crippen MR) is 307 cm³/mol. The second-order valence-corrected chi connectivity index (χ2v) is 26.1. The molecule has 3 amide bonds. The summed E-state index contributed by atoms with van der Waals surface area (Å²) in [5.74, 6) is 3.55. The number of rotatable bonds is 21. The zero-order valence-electron chi connectivity index (χ0n) is 46.8. The molecule has 0 aromatic heterocycles. The number of allylic oxidation sites excluding steroid dienone is 1. The molecule has 3 aromatic rings. The number of phenolic OH excluding ortho intramolecular Hbond substituents is 1. The Labute approximate surface area is 464 Å². The highest BCUT2D eigenvalue weighted by atomic mass is 32.2. The number of hydrogen-bond donors (Lipinski definition) is 4. The van der Waals surface area contributed by atoms with E-state index in [1.807, 2.05) is 13.0 Å². The molecule has 0 saturated heterocycles. The third-order valence-corrected chi connectivity index (χ3v) is 20.9. The van der Waals surface area contributed by atoms with Gasteiger partial charge < -0.3 is 25.5 Å². The zero-order chi connectivity index (χ0) is 56.4. The zero-order valence-corrected chi connectivity index (χ0v) is 47.6. The molecule has 6 aliphatic rings. The minimum atomic E-state index is -4.07. The molecule has 15 nitrogen and oxygen atoms in total. The van der Waals surface area contributed by atoms with Crippen molar-refractivity contribution in [3.8, 4) is 28.2 Å². The lowest BCUT2D eigenvalue weighted by Gasteiger charge is -2.59. The predicted octanol–water partition coefficient (Wildman–Crippen LogP) is 11.7. The third kappa shape index (κ3) is 12.1. The highest BCUT2D eigenvalue weighted by Gasteiger charge is 2.59. The molecule has 3 aromatic carbocycles. The van der Waals surface area contributed by atoms with Crippen molar-refractivity contribution in [1.82, 2.24) is 20.3 Å². The lowest BCUT2D eigenvalue weighted by atomic mass is 9.47. The van der Waals surface area contributed by atoms with E-state index in [-0.39, 0.29) is 90.0 Å². The first-order valence-electron chi connectivity index (χ1n) is 28.8. The molecule has 422 valence electrons. The molecule has 0 bridgehead atoms. The van der Waals surface area contributed by atoms with Crippen LogP contribution in [-0.4, -0.2) is 72.7 Å². The van der Waals surface area contributed by atoms with E-state index in [9.17, 15) is 42.8 Å². The summed E-state index contributed by atoms with van der Waals surface area (Å²) in [6.07, 6.45) is 15.1. The Balaban J connectivity index is 0.761. The van der Waals surface area contributed by atoms with E-state index < -0.39 is 14.9 Å². The summed E-state index contributed by atoms with van der Waals surface area (Å²) in [5, 5.41) is 30.8. The van der Waals surface area contributed by atoms with Crippen molar-refractivity contribution in [1.29, 1.82) is 0 Å². The van der Waals surface area contributed by atoms with Crippen LogP contribution in [0.3, 0.4) is 0 Å². The van der Waals surface area contributed by atoms with E-state index in [1.54, 1.807) is 34.6 Å². The Morgan fingerprint density at radius 2 is 1.54 bits per heavy atom. The second-order valence-electron chi connectivity index (χ2n) is 24.2. The monoisotopic (exact) mass is 1100 g/mol. The molecule has 3 fully saturated rings. The van der Waals surface area contributed by atoms with Crippen LogP contribution in [0.4, 0.5) is 5.69 Å². The molecule has 16 heteroatoms. The Hall–Kier alpha value is -6.39. The van der Waals surface area contributed by atoms with Crippen LogP contribution < -0.4 is 21.4 Å². The second kappa shape index (κ2) is 23.7. The van der Waals surface area contributed by atoms with E-state index in [0.717, 1.165) is 52.7 Å². The first-order valence-corrected chi connectivity index (χ1v) is 30.2. The molecular formula is C63H79N5O10S. The number of nitrogens with zero attached hydrogens (tertiary/aromatic N) is 2. The number of amides is 3. The highest BCUT2D eigenvalue weighted by Crippen LogP contribution is 2.67. The molecule has 9 rings (SSSR count). The number of non-ortho nitro benzene ring substituents is 1. The van der Waals surface area contributed by atoms with E-state index in [1.165, 1.54) is 93.0 Å². The lowest BCUT2D eigenvalue weighted by molar-refractivity contribution is -0.384. The number of nitrogens with one attached hydrogen (secondary N) is 3. The molecule has 0 unspecified atom stereocenters. The van der Waals surface area contributed by atoms with E-state index in [0.29, 0.717) is 64.9 Å². The Morgan fingerprint density at radius 3 is 2.27 bits per heavy atom. The van der Waals surface area contributed by atoms with Crippen molar-refractivity contribution in [3.63, 3.8) is 0 Å². The average Bonchev–Trinajstić information content (AvgIpc) is 3.95. The van der Waals surface area contributed by atoms with Gasteiger partial charge in [0.2, 0.25) is 21.8 Å². The SMILES string of the molecule is Cc1cc(C(=O)NCCC(=O)NCCC(=O)NCCCN([C@H]2CC[C@@]3(C)C(=CC[C@H]4[C@@H]5CC[C@H]([C@H](C)CCCC(C)C)[C@@]5(C)CC[C@@H]43)C2)S(=O)(=O)c2ccc([N+](=O)[O-])cc2)ccc1-c1c2ccc(=O)cc-2oc2cc(O)ccc12. The van der Waals surface area contributed by atoms with Gasteiger partial charge in [-0.1, -0.05) is 71.6 Å². The summed E-state index contributed by atoms with van der Waals surface area (Å²) in [6, 6.07) is 19.4. The minimum Gasteiger partial charge on any atom is -0.508 e. The lowest BCUT2D eigenvalue weighted by Crippen LogP contribution is -2.53. The quantitative estimate of drug-likeness (QED) is 0.0179. The van der Waals surface area contributed by atoms with Gasteiger partial charge in [0.15, 0.2) is 5.43 Å². The Kier molecular flexibility index (Phi) is 17.2. The maximum absolute atomic E-state index is 14.6. The summed E-state index contributed by atoms with van der Waals surface area (Å²) >= 11 is 0. The van der Waals surface area contributed by atoms with Gasteiger partial charge in [0.1, 0.15) is 17.1 Å². The largest absolute Gasteiger partial charge is 0.508 e. The van der Waals surface area contributed by atoms with Crippen molar-refractivity contribution in [2.75, 3.05) is 26.2 Å². The number of carbonyl (C=O) groups excluding carboxylic acids is 3. The van der Waals surface area contributed by atoms with Gasteiger partial charge in [-0.3, -0.25) is 29.3 Å². The Morgan fingerprint density at radius 1 is 0.823 bits per heavy atom. The van der Waals surface area contributed by atoms with Crippen molar-refractivity contribution < 1.29 is 37.2 Å². The molecule has 8 atom stereocenters. The molecule has 3 saturated carbocycles. The number of aryl methyl sites for hydroxylation is 1. The topological polar surface area (TPSA) is 218 Å². The van der Waals surface area contributed by atoms with Crippen molar-refractivity contribution in [2.45, 2.75) is 142 Å². The van der Waals surface area contributed by atoms with Gasteiger partial charge >= 0.3 is 0 Å². The molecule has 1 heterocycles. The third-order valence-electron chi connectivity index (χ3n) is 19.0. The van der Waals surface area contributed by atoms with Gasteiger partial charge in [-0.25, -0.2) is 8.42 Å². The van der Waals surface area contributed by atoms with Gasteiger partial charge in [-0.05, 0) is 171 Å². The normalized spacial score (nSPS) is 24.1. The van der Waals surface area contributed by atoms with Crippen LogP contribution in [0.15, 0.2) is 105 Å². The number of fused-ring (bicyclic) bond motifs is 7. The number of benzene rings is 4. The van der Waals surface area contributed by atoms with Gasteiger partial charge in [0.05, 0.1) is 9.82 Å². The number of hydrogen-bond acceptors (Lipinski definition) is 10. The van der Waals surface area contributed by atoms with Crippen LogP contribution in [0.25, 0.3) is 33.4 Å². The fraction of sp³-hybridized carbons (Fsp3) is 0.524. The van der Waals surface area contributed by atoms with Crippen LogP contribution in [0.5, 0.6) is 5.75 Å². The molecule has 0 spiro atoms. The van der Waals surface area contributed by atoms with Crippen LogP contribution in [0.1, 0.15) is 140 Å². The summed E-state index contributed by atoms with van der Waals surface area (Å²) in [6.45, 7) is 14.6. The maximum atomic E-state index is 14.6. The van der Waals surface area contributed by atoms with E-state index in [4.69, 9.17) is 4.42 Å². The molecule has 4 N–H and O–H groups in total. The van der Waals surface area contributed by atoms with Gasteiger partial charge in [0, 0.05) is 91.4 Å². The van der Waals surface area contributed by atoms with Gasteiger partial charge in [-0.15, -0.1) is 0 Å². The van der Waals surface area contributed by atoms with Crippen molar-refractivity contribution in [2.24, 2.45) is 46.3 Å². The number of nitro benzene ring substituents is 1. The van der Waals surface area contributed by atoms with Gasteiger partial charge in [-0.2, -0.15) is 4.31 Å². The average molecular weight is 1100 g/mol. The number of carbonyl (C=O) groups is 3. The Bertz CT molecular complexity index is 3260. The smallest absolute Gasteiger partial charge is 0.269 e. The number of phenols is 1. The molecule has 0 radical (unpaired) electrons. The van der Waals surface area contributed by atoms with Crippen molar-refractivity contribution in [3.05, 3.63) is 122 Å². The standard InChI is InChI=1S/C63H79N5O10S/c1-39(2)9-7-10-40(3)53-23-24-54-50-20-12-43-36-45(25-29-62(43,5)55(50)26-30-63(53,54)6)67(79(76,77)48-17-13-44(14-18-48)68(74)75)34-8-31-64-58(71)27-32-65-59(72)28-33-66-61(73)42-11-19-49(41(4)35-42)60-51-21-15-46(69)37-56(51)78-57-38-47(70)16-22-52(57)60/h11-19,21-22,35,37-40,45,50,53-55,69H,7-10,20,23-34,36H2,1-6H3,(H,64,71)(H,65,72)(H,66,73)/t40-,45+,50+,53-,54+,55+,62+,63-/m1/s1. The molecular weight excluding hydrogens is 1020 g/mol. The van der Waals surface area contributed by atoms with E-state index in [2.05, 4.69) is 56.6 Å². The van der Waals surface area contributed by atoms with Crippen LogP contribution in [0.2, 0.25) is 0 Å². The van der Waals surface area contributed by atoms with Crippen LogP contribution in [-0.2, 0) is 19.6 Å². The minimum absolute atomic E-state index is 0.00238. The number of nitro groups is 1. The van der Waals surface area contributed by atoms with Crippen LogP contribution in [0, 0.1) is 63.4 Å². The maximum Gasteiger partial charge on any atom is 0.269 e. The fourth-order valence-electron chi connectivity index (χ4n) is 14.9. The first-order chi connectivity index (χ1) is 37.7. The first kappa shape index (κ1) is 57.3.